The third kappa shape index (κ3) is 4.66. The highest BCUT2D eigenvalue weighted by Gasteiger charge is 2.42. The molecule has 0 saturated carbocycles. The van der Waals surface area contributed by atoms with Crippen LogP contribution in [0, 0.1) is 5.92 Å². The minimum absolute atomic E-state index is 0.161. The van der Waals surface area contributed by atoms with Crippen LogP contribution in [0.25, 0.3) is 0 Å². The number of halogens is 4. The highest BCUT2D eigenvalue weighted by Crippen LogP contribution is 2.40. The van der Waals surface area contributed by atoms with E-state index in [2.05, 4.69) is 15.1 Å². The molecule has 2 heterocycles. The Kier molecular flexibility index (Phi) is 6.53. The number of alkyl halides is 3. The van der Waals surface area contributed by atoms with E-state index in [0.717, 1.165) is 17.4 Å². The first-order valence-electron chi connectivity index (χ1n) is 10.5. The number of methoxy groups -OCH3 is 1. The van der Waals surface area contributed by atoms with Gasteiger partial charge in [-0.3, -0.25) is 4.79 Å². The standard InChI is InChI=1S/C23H25ClF3N3O2/c1-32-11-8-28-22(31)19-13-15-12-16(23(25,26)27)2-7-20(15)30-10-9-29(14-21(19)30)18-5-3-17(24)4-6-18/h2-7,12,19,21H,8-11,13-14H2,1H3,(H,28,31)/t19-,21+/m1/s1. The Hall–Kier alpha value is -2.45. The molecule has 1 saturated heterocycles. The summed E-state index contributed by atoms with van der Waals surface area (Å²) in [6.07, 6.45) is -4.16. The number of ether oxygens (including phenoxy) is 1. The van der Waals surface area contributed by atoms with Gasteiger partial charge in [0.2, 0.25) is 5.91 Å². The van der Waals surface area contributed by atoms with Crippen LogP contribution in [0.5, 0.6) is 0 Å². The molecule has 9 heteroatoms. The van der Waals surface area contributed by atoms with E-state index in [1.165, 1.54) is 6.07 Å². The molecule has 2 aliphatic rings. The van der Waals surface area contributed by atoms with Crippen LogP contribution in [0.15, 0.2) is 42.5 Å². The number of nitrogens with zero attached hydrogens (tertiary/aromatic N) is 2. The molecule has 5 nitrogen and oxygen atoms in total. The van der Waals surface area contributed by atoms with Gasteiger partial charge in [-0.1, -0.05) is 11.6 Å². The maximum absolute atomic E-state index is 13.3. The third-order valence-electron chi connectivity index (χ3n) is 6.17. The summed E-state index contributed by atoms with van der Waals surface area (Å²) in [6.45, 7) is 2.61. The summed E-state index contributed by atoms with van der Waals surface area (Å²) in [5.74, 6) is -0.643. The highest BCUT2D eigenvalue weighted by atomic mass is 35.5. The summed E-state index contributed by atoms with van der Waals surface area (Å²) in [7, 11) is 1.55. The molecule has 0 radical (unpaired) electrons. The number of fused-ring (bicyclic) bond motifs is 3. The van der Waals surface area contributed by atoms with Crippen molar-refractivity contribution >= 4 is 28.9 Å². The number of amides is 1. The summed E-state index contributed by atoms with van der Waals surface area (Å²) in [4.78, 5) is 17.3. The van der Waals surface area contributed by atoms with E-state index in [9.17, 15) is 18.0 Å². The molecule has 1 N–H and O–H groups in total. The first kappa shape index (κ1) is 22.7. The number of carbonyl (C=O) groups excluding carboxylic acids is 1. The predicted molar refractivity (Wildman–Crippen MR) is 118 cm³/mol. The van der Waals surface area contributed by atoms with Crippen LogP contribution in [0.3, 0.4) is 0 Å². The fourth-order valence-electron chi connectivity index (χ4n) is 4.59. The molecule has 172 valence electrons. The minimum atomic E-state index is -4.42. The molecule has 2 aromatic rings. The lowest BCUT2D eigenvalue weighted by atomic mass is 9.82. The van der Waals surface area contributed by atoms with Crippen LogP contribution >= 0.6 is 11.6 Å². The number of benzene rings is 2. The Morgan fingerprint density at radius 2 is 1.94 bits per heavy atom. The van der Waals surface area contributed by atoms with Crippen LogP contribution < -0.4 is 15.1 Å². The van der Waals surface area contributed by atoms with Crippen LogP contribution in [-0.2, 0) is 22.1 Å². The van der Waals surface area contributed by atoms with Crippen LogP contribution in [-0.4, -0.2) is 51.8 Å². The quantitative estimate of drug-likeness (QED) is 0.675. The van der Waals surface area contributed by atoms with Gasteiger partial charge in [0, 0.05) is 49.7 Å². The molecule has 1 fully saturated rings. The van der Waals surface area contributed by atoms with Crippen molar-refractivity contribution in [3.05, 3.63) is 58.6 Å². The van der Waals surface area contributed by atoms with E-state index in [4.69, 9.17) is 16.3 Å². The first-order chi connectivity index (χ1) is 15.3. The molecular weight excluding hydrogens is 443 g/mol. The van der Waals surface area contributed by atoms with Crippen molar-refractivity contribution in [2.75, 3.05) is 49.7 Å². The minimum Gasteiger partial charge on any atom is -0.383 e. The second-order valence-corrected chi connectivity index (χ2v) is 8.56. The van der Waals surface area contributed by atoms with E-state index >= 15 is 0 Å². The van der Waals surface area contributed by atoms with Crippen molar-refractivity contribution in [1.29, 1.82) is 0 Å². The van der Waals surface area contributed by atoms with Gasteiger partial charge in [0.15, 0.2) is 0 Å². The van der Waals surface area contributed by atoms with Gasteiger partial charge in [-0.2, -0.15) is 13.2 Å². The summed E-state index contributed by atoms with van der Waals surface area (Å²) in [6, 6.07) is 11.2. The molecule has 2 atom stereocenters. The van der Waals surface area contributed by atoms with E-state index in [1.807, 2.05) is 24.3 Å². The van der Waals surface area contributed by atoms with Gasteiger partial charge >= 0.3 is 6.18 Å². The zero-order valence-electron chi connectivity index (χ0n) is 17.7. The summed E-state index contributed by atoms with van der Waals surface area (Å²) in [5, 5.41) is 3.52. The number of hydrogen-bond acceptors (Lipinski definition) is 4. The molecule has 32 heavy (non-hydrogen) atoms. The zero-order valence-corrected chi connectivity index (χ0v) is 18.4. The number of rotatable bonds is 5. The van der Waals surface area contributed by atoms with Crippen molar-refractivity contribution in [2.24, 2.45) is 5.92 Å². The molecule has 0 aliphatic carbocycles. The van der Waals surface area contributed by atoms with Crippen molar-refractivity contribution in [2.45, 2.75) is 18.6 Å². The summed E-state index contributed by atoms with van der Waals surface area (Å²) >= 11 is 6.02. The lowest BCUT2D eigenvalue weighted by molar-refractivity contribution is -0.137. The predicted octanol–water partition coefficient (Wildman–Crippen LogP) is 3.99. The average molecular weight is 468 g/mol. The molecule has 0 aromatic heterocycles. The average Bonchev–Trinajstić information content (AvgIpc) is 2.77. The number of piperazine rings is 1. The van der Waals surface area contributed by atoms with Gasteiger partial charge in [-0.05, 0) is 54.4 Å². The molecule has 4 rings (SSSR count). The third-order valence-corrected chi connectivity index (χ3v) is 6.43. The van der Waals surface area contributed by atoms with E-state index in [0.29, 0.717) is 43.4 Å². The van der Waals surface area contributed by atoms with Crippen LogP contribution in [0.2, 0.25) is 5.02 Å². The highest BCUT2D eigenvalue weighted by molar-refractivity contribution is 6.30. The Balaban J connectivity index is 1.64. The van der Waals surface area contributed by atoms with Gasteiger partial charge in [-0.15, -0.1) is 0 Å². The Morgan fingerprint density at radius 1 is 1.19 bits per heavy atom. The van der Waals surface area contributed by atoms with Crippen molar-refractivity contribution in [3.63, 3.8) is 0 Å². The zero-order chi connectivity index (χ0) is 22.9. The van der Waals surface area contributed by atoms with Crippen molar-refractivity contribution < 1.29 is 22.7 Å². The summed E-state index contributed by atoms with van der Waals surface area (Å²) in [5.41, 5.74) is 1.65. The molecule has 2 aliphatic heterocycles. The number of hydrogen-bond donors (Lipinski definition) is 1. The Morgan fingerprint density at radius 3 is 2.62 bits per heavy atom. The SMILES string of the molecule is COCCNC(=O)[C@@H]1Cc2cc(C(F)(F)F)ccc2N2CCN(c3ccc(Cl)cc3)C[C@@H]12. The van der Waals surface area contributed by atoms with Gasteiger partial charge < -0.3 is 19.9 Å². The lowest BCUT2D eigenvalue weighted by Gasteiger charge is -2.49. The maximum Gasteiger partial charge on any atom is 0.416 e. The van der Waals surface area contributed by atoms with Gasteiger partial charge in [-0.25, -0.2) is 0 Å². The normalized spacial score (nSPS) is 20.5. The molecule has 2 aromatic carbocycles. The van der Waals surface area contributed by atoms with Gasteiger partial charge in [0.05, 0.1) is 24.1 Å². The molecule has 1 amide bonds. The monoisotopic (exact) mass is 467 g/mol. The van der Waals surface area contributed by atoms with Crippen LogP contribution in [0.4, 0.5) is 24.5 Å². The van der Waals surface area contributed by atoms with E-state index in [-0.39, 0.29) is 18.4 Å². The second-order valence-electron chi connectivity index (χ2n) is 8.12. The van der Waals surface area contributed by atoms with Gasteiger partial charge in [0.25, 0.3) is 0 Å². The van der Waals surface area contributed by atoms with Crippen LogP contribution in [0.1, 0.15) is 11.1 Å². The number of nitrogens with one attached hydrogen (secondary N) is 1. The lowest BCUT2D eigenvalue weighted by Crippen LogP contribution is -2.61. The van der Waals surface area contributed by atoms with E-state index < -0.39 is 17.7 Å². The van der Waals surface area contributed by atoms with Crippen molar-refractivity contribution in [1.82, 2.24) is 5.32 Å². The van der Waals surface area contributed by atoms with Gasteiger partial charge in [0.1, 0.15) is 0 Å². The smallest absolute Gasteiger partial charge is 0.383 e. The Bertz CT molecular complexity index is 968. The molecular formula is C23H25ClF3N3O2. The topological polar surface area (TPSA) is 44.8 Å². The molecule has 0 spiro atoms. The largest absolute Gasteiger partial charge is 0.416 e. The first-order valence-corrected chi connectivity index (χ1v) is 10.9. The summed E-state index contributed by atoms with van der Waals surface area (Å²) < 4.78 is 44.9. The fraction of sp³-hybridized carbons (Fsp3) is 0.435. The second kappa shape index (κ2) is 9.19. The molecule has 0 unspecified atom stereocenters. The Labute approximate surface area is 190 Å². The van der Waals surface area contributed by atoms with E-state index in [1.54, 1.807) is 13.2 Å². The number of anilines is 2. The fourth-order valence-corrected chi connectivity index (χ4v) is 4.72. The maximum atomic E-state index is 13.3. The van der Waals surface area contributed by atoms with Crippen molar-refractivity contribution in [3.8, 4) is 0 Å². The number of carbonyl (C=O) groups is 1. The molecule has 0 bridgehead atoms.